The number of phenolic OH excluding ortho intramolecular Hbond substituents is 1. The zero-order valence-corrected chi connectivity index (χ0v) is 36.6. The van der Waals surface area contributed by atoms with Gasteiger partial charge in [-0.25, -0.2) is 0 Å². The second kappa shape index (κ2) is 21.3. The number of rotatable bonds is 14. The van der Waals surface area contributed by atoms with Crippen LogP contribution in [0.25, 0.3) is 11.1 Å². The van der Waals surface area contributed by atoms with Gasteiger partial charge in [0.1, 0.15) is 12.0 Å². The molecule has 0 aliphatic carbocycles. The summed E-state index contributed by atoms with van der Waals surface area (Å²) in [7, 11) is 5.25. The molecule has 4 aromatic rings. The third kappa shape index (κ3) is 10.9. The molecule has 2 amide bonds. The van der Waals surface area contributed by atoms with Gasteiger partial charge in [-0.05, 0) is 133 Å². The Bertz CT molecular complexity index is 2160. The fourth-order valence-corrected chi connectivity index (χ4v) is 9.30. The van der Waals surface area contributed by atoms with E-state index in [2.05, 4.69) is 70.6 Å². The number of allylic oxidation sites excluding steroid dienone is 1. The molecule has 11 heteroatoms. The number of likely N-dealkylation sites (N-methyl/N-ethyl adjacent to an activating group) is 2. The predicted octanol–water partition coefficient (Wildman–Crippen LogP) is 7.25. The second-order valence-electron chi connectivity index (χ2n) is 17.0. The minimum Gasteiger partial charge on any atom is -0.508 e. The minimum absolute atomic E-state index is 0.0400. The van der Waals surface area contributed by atoms with Gasteiger partial charge < -0.3 is 25.0 Å². The Kier molecular flexibility index (Phi) is 15.6. The van der Waals surface area contributed by atoms with Crippen molar-refractivity contribution in [1.29, 1.82) is 0 Å². The highest BCUT2D eigenvalue weighted by molar-refractivity contribution is 5.99. The largest absolute Gasteiger partial charge is 0.508 e. The van der Waals surface area contributed by atoms with Crippen LogP contribution in [0.4, 0.5) is 5.69 Å². The molecule has 7 rings (SSSR count). The lowest BCUT2D eigenvalue weighted by Gasteiger charge is -2.47. The lowest BCUT2D eigenvalue weighted by atomic mass is 9.71. The van der Waals surface area contributed by atoms with E-state index in [-0.39, 0.29) is 29.0 Å². The van der Waals surface area contributed by atoms with Gasteiger partial charge in [0.2, 0.25) is 11.8 Å². The van der Waals surface area contributed by atoms with Crippen LogP contribution >= 0.6 is 0 Å². The average molecular weight is 840 g/mol. The maximum absolute atomic E-state index is 13.3. The molecule has 0 bridgehead atoms. The topological polar surface area (TPSA) is 131 Å². The predicted molar refractivity (Wildman–Crippen MR) is 245 cm³/mol. The molecular formula is C51H61N5O6. The van der Waals surface area contributed by atoms with Crippen molar-refractivity contribution in [3.63, 3.8) is 0 Å². The van der Waals surface area contributed by atoms with Gasteiger partial charge in [-0.2, -0.15) is 0 Å². The quantitative estimate of drug-likeness (QED) is 0.0997. The number of anilines is 1. The fourth-order valence-electron chi connectivity index (χ4n) is 9.30. The fraction of sp³-hybridized carbons (Fsp3) is 0.392. The van der Waals surface area contributed by atoms with E-state index in [1.165, 1.54) is 28.0 Å². The molecule has 4 aromatic carbocycles. The van der Waals surface area contributed by atoms with E-state index >= 15 is 0 Å². The van der Waals surface area contributed by atoms with Gasteiger partial charge in [0.25, 0.3) is 0 Å². The Morgan fingerprint density at radius 2 is 1.32 bits per heavy atom. The standard InChI is InChI=1S/C43H45N3O4.C8H16N2O2/c1-2-40(31-6-4-3-5-7-31)42(33-10-14-39(49)15-11-33)32-8-12-38(13-9-32)45-20-16-43(17-21-45)18-22-46(23-19-43)41(50)28-44-26-34-24-36(29-47)37(30-48)25-35(34)27-44;1-9-8(12)7(10(2)3)5-4-6-11/h3-15,24-25,29-30,49H,2,16-23,26-28H2,1H3;6-7H,4-5H2,1-3H3,(H,9,12)/b42-40+;. The molecule has 326 valence electrons. The number of nitrogens with one attached hydrogen (secondary N) is 1. The monoisotopic (exact) mass is 839 g/mol. The van der Waals surface area contributed by atoms with Crippen LogP contribution in [0.5, 0.6) is 5.75 Å². The molecule has 2 saturated heterocycles. The second-order valence-corrected chi connectivity index (χ2v) is 17.0. The Labute approximate surface area is 366 Å². The highest BCUT2D eigenvalue weighted by Crippen LogP contribution is 2.43. The van der Waals surface area contributed by atoms with E-state index in [0.29, 0.717) is 43.6 Å². The first-order valence-corrected chi connectivity index (χ1v) is 21.8. The number of nitrogens with zero attached hydrogens (tertiary/aromatic N) is 4. The first-order chi connectivity index (χ1) is 30.0. The van der Waals surface area contributed by atoms with Crippen LogP contribution in [0.2, 0.25) is 0 Å². The summed E-state index contributed by atoms with van der Waals surface area (Å²) in [6.45, 7) is 7.41. The number of carbonyl (C=O) groups is 5. The van der Waals surface area contributed by atoms with E-state index in [1.807, 2.05) is 42.1 Å². The number of amides is 2. The van der Waals surface area contributed by atoms with Crippen LogP contribution in [0.1, 0.15) is 100 Å². The summed E-state index contributed by atoms with van der Waals surface area (Å²) in [5.74, 6) is 0.388. The number of fused-ring (bicyclic) bond motifs is 1. The van der Waals surface area contributed by atoms with Crippen LogP contribution in [-0.2, 0) is 27.5 Å². The highest BCUT2D eigenvalue weighted by Gasteiger charge is 2.39. The summed E-state index contributed by atoms with van der Waals surface area (Å²) >= 11 is 0. The van der Waals surface area contributed by atoms with Gasteiger partial charge in [-0.1, -0.05) is 61.5 Å². The zero-order chi connectivity index (χ0) is 44.2. The molecule has 62 heavy (non-hydrogen) atoms. The number of piperidine rings is 2. The molecule has 0 aromatic heterocycles. The molecule has 1 spiro atoms. The molecule has 1 unspecified atom stereocenters. The van der Waals surface area contributed by atoms with Crippen molar-refractivity contribution in [2.75, 3.05) is 58.8 Å². The van der Waals surface area contributed by atoms with Crippen molar-refractivity contribution in [1.82, 2.24) is 20.0 Å². The third-order valence-electron chi connectivity index (χ3n) is 13.0. The molecule has 3 heterocycles. The van der Waals surface area contributed by atoms with Crippen LogP contribution in [-0.4, -0.2) is 110 Å². The van der Waals surface area contributed by atoms with Crippen molar-refractivity contribution >= 4 is 47.5 Å². The number of hydrogen-bond acceptors (Lipinski definition) is 9. The van der Waals surface area contributed by atoms with Gasteiger partial charge in [0.05, 0.1) is 12.6 Å². The SMILES string of the molecule is CC/C(=C(\c1ccc(O)cc1)c1ccc(N2CCC3(CCN(C(=O)CN4Cc5cc(C=O)c(C=O)cc5C4)CC3)CC2)cc1)c1ccccc1.CNC(=O)C(CCC=O)N(C)C. The summed E-state index contributed by atoms with van der Waals surface area (Å²) in [6.07, 6.45) is 8.51. The van der Waals surface area contributed by atoms with E-state index in [0.717, 1.165) is 93.8 Å². The van der Waals surface area contributed by atoms with E-state index in [9.17, 15) is 29.1 Å². The first kappa shape index (κ1) is 45.6. The average Bonchev–Trinajstić information content (AvgIpc) is 3.70. The van der Waals surface area contributed by atoms with Gasteiger partial charge in [0.15, 0.2) is 12.6 Å². The number of aldehydes is 3. The smallest absolute Gasteiger partial charge is 0.237 e. The Balaban J connectivity index is 0.000000468. The van der Waals surface area contributed by atoms with Crippen LogP contribution in [0.15, 0.2) is 91.0 Å². The molecule has 2 fully saturated rings. The van der Waals surface area contributed by atoms with Crippen molar-refractivity contribution in [3.05, 3.63) is 130 Å². The minimum atomic E-state index is -0.194. The first-order valence-electron chi connectivity index (χ1n) is 21.8. The number of likely N-dealkylation sites (tertiary alicyclic amines) is 1. The number of benzene rings is 4. The summed E-state index contributed by atoms with van der Waals surface area (Å²) in [5, 5.41) is 12.5. The van der Waals surface area contributed by atoms with Crippen molar-refractivity contribution < 1.29 is 29.1 Å². The van der Waals surface area contributed by atoms with E-state index in [4.69, 9.17) is 0 Å². The summed E-state index contributed by atoms with van der Waals surface area (Å²) in [5.41, 5.74) is 10.3. The zero-order valence-electron chi connectivity index (χ0n) is 36.6. The summed E-state index contributed by atoms with van der Waals surface area (Å²) in [6, 6.07) is 30.5. The Hall–Kier alpha value is -5.91. The van der Waals surface area contributed by atoms with E-state index in [1.54, 1.807) is 31.3 Å². The number of aromatic hydroxyl groups is 1. The molecule has 11 nitrogen and oxygen atoms in total. The Morgan fingerprint density at radius 3 is 1.82 bits per heavy atom. The number of hydrogen-bond donors (Lipinski definition) is 2. The van der Waals surface area contributed by atoms with Crippen LogP contribution in [0, 0.1) is 5.41 Å². The molecule has 3 aliphatic heterocycles. The molecule has 3 aliphatic rings. The molecule has 0 radical (unpaired) electrons. The molecule has 2 N–H and O–H groups in total. The van der Waals surface area contributed by atoms with Crippen LogP contribution in [0.3, 0.4) is 0 Å². The number of phenols is 1. The highest BCUT2D eigenvalue weighted by atomic mass is 16.3. The van der Waals surface area contributed by atoms with Crippen molar-refractivity contribution in [2.24, 2.45) is 5.41 Å². The summed E-state index contributed by atoms with van der Waals surface area (Å²) in [4.78, 5) is 65.8. The van der Waals surface area contributed by atoms with Crippen molar-refractivity contribution in [2.45, 2.75) is 71.0 Å². The Morgan fingerprint density at radius 1 is 0.774 bits per heavy atom. The van der Waals surface area contributed by atoms with Gasteiger partial charge in [-0.15, -0.1) is 0 Å². The third-order valence-corrected chi connectivity index (χ3v) is 13.0. The normalized spacial score (nSPS) is 16.7. The maximum atomic E-state index is 13.3. The molecular weight excluding hydrogens is 779 g/mol. The summed E-state index contributed by atoms with van der Waals surface area (Å²) < 4.78 is 0. The van der Waals surface area contributed by atoms with Crippen LogP contribution < -0.4 is 10.2 Å². The lowest BCUT2D eigenvalue weighted by Crippen LogP contribution is -2.49. The van der Waals surface area contributed by atoms with Gasteiger partial charge in [0, 0.05) is 69.6 Å². The molecule has 0 saturated carbocycles. The lowest BCUT2D eigenvalue weighted by molar-refractivity contribution is -0.135. The van der Waals surface area contributed by atoms with Gasteiger partial charge >= 0.3 is 0 Å². The van der Waals surface area contributed by atoms with Crippen molar-refractivity contribution in [3.8, 4) is 5.75 Å². The van der Waals surface area contributed by atoms with Gasteiger partial charge in [-0.3, -0.25) is 29.0 Å². The maximum Gasteiger partial charge on any atom is 0.237 e. The number of carbonyl (C=O) groups excluding carboxylic acids is 5. The molecule has 1 atom stereocenters. The van der Waals surface area contributed by atoms with E-state index < -0.39 is 0 Å².